The average Bonchev–Trinajstić information content (AvgIpc) is 2.19. The summed E-state index contributed by atoms with van der Waals surface area (Å²) in [6.45, 7) is 0. The summed E-state index contributed by atoms with van der Waals surface area (Å²) in [7, 11) is 0. The second-order valence-corrected chi connectivity index (χ2v) is 3.63. The fourth-order valence-electron chi connectivity index (χ4n) is 1.21. The van der Waals surface area contributed by atoms with Crippen LogP contribution in [-0.4, -0.2) is 4.57 Å². The molecule has 1 aromatic carbocycles. The number of nitrogens with zero attached hydrogens (tertiary/aromatic N) is 1. The molecule has 0 aliphatic rings. The second-order valence-electron chi connectivity index (χ2n) is 2.73. The highest BCUT2D eigenvalue weighted by Gasteiger charge is 1.99. The lowest BCUT2D eigenvalue weighted by atomic mass is 10.3. The van der Waals surface area contributed by atoms with Crippen LogP contribution in [0.3, 0.4) is 0 Å². The molecule has 0 aliphatic heterocycles. The van der Waals surface area contributed by atoms with E-state index in [9.17, 15) is 4.79 Å². The van der Waals surface area contributed by atoms with Gasteiger partial charge in [-0.15, -0.1) is 11.3 Å². The quantitative estimate of drug-likeness (QED) is 0.749. The van der Waals surface area contributed by atoms with E-state index in [0.717, 1.165) is 5.69 Å². The van der Waals surface area contributed by atoms with E-state index in [1.165, 1.54) is 22.0 Å². The maximum atomic E-state index is 11.5. The fourth-order valence-corrected chi connectivity index (χ4v) is 1.82. The maximum absolute atomic E-state index is 11.5. The van der Waals surface area contributed by atoms with Gasteiger partial charge in [0.05, 0.1) is 5.69 Å². The Balaban J connectivity index is 2.76. The predicted octanol–water partition coefficient (Wildman–Crippen LogP) is 1.38. The molecule has 0 atom stereocenters. The number of para-hydroxylation sites is 1. The SMILES string of the molecule is N=c1sccc(=O)n1-c1ccccc1. The first-order valence-corrected chi connectivity index (χ1v) is 4.98. The number of benzene rings is 1. The van der Waals surface area contributed by atoms with Crippen LogP contribution in [0.5, 0.6) is 0 Å². The van der Waals surface area contributed by atoms with E-state index >= 15 is 0 Å². The second kappa shape index (κ2) is 3.59. The zero-order valence-corrected chi connectivity index (χ0v) is 8.12. The maximum Gasteiger partial charge on any atom is 0.258 e. The van der Waals surface area contributed by atoms with Gasteiger partial charge >= 0.3 is 0 Å². The minimum atomic E-state index is -0.167. The van der Waals surface area contributed by atoms with Crippen molar-refractivity contribution in [2.45, 2.75) is 0 Å². The molecule has 14 heavy (non-hydrogen) atoms. The molecular formula is C10H8N2OS. The van der Waals surface area contributed by atoms with Crippen LogP contribution in [0, 0.1) is 5.41 Å². The van der Waals surface area contributed by atoms with Gasteiger partial charge in [0.1, 0.15) is 0 Å². The Labute approximate surface area is 84.4 Å². The van der Waals surface area contributed by atoms with E-state index in [-0.39, 0.29) is 10.4 Å². The smallest absolute Gasteiger partial charge is 0.258 e. The van der Waals surface area contributed by atoms with Crippen molar-refractivity contribution in [3.8, 4) is 5.69 Å². The van der Waals surface area contributed by atoms with Crippen molar-refractivity contribution in [2.24, 2.45) is 0 Å². The molecule has 2 aromatic rings. The van der Waals surface area contributed by atoms with Crippen molar-refractivity contribution in [1.29, 1.82) is 5.41 Å². The van der Waals surface area contributed by atoms with Gasteiger partial charge in [0.15, 0.2) is 4.80 Å². The summed E-state index contributed by atoms with van der Waals surface area (Å²) in [4.78, 5) is 11.7. The standard InChI is InChI=1S/C10H8N2OS/c11-10-12(9(13)6-7-14-10)8-4-2-1-3-5-8/h1-7,11H. The van der Waals surface area contributed by atoms with E-state index < -0.39 is 0 Å². The molecule has 1 aromatic heterocycles. The Kier molecular flexibility index (Phi) is 2.28. The van der Waals surface area contributed by atoms with Gasteiger partial charge in [0.2, 0.25) is 0 Å². The fraction of sp³-hybridized carbons (Fsp3) is 0. The minimum Gasteiger partial charge on any atom is -0.275 e. The topological polar surface area (TPSA) is 45.9 Å². The molecule has 0 fully saturated rings. The highest BCUT2D eigenvalue weighted by Crippen LogP contribution is 2.00. The molecule has 4 heteroatoms. The normalized spacial score (nSPS) is 10.0. The highest BCUT2D eigenvalue weighted by atomic mass is 32.1. The van der Waals surface area contributed by atoms with E-state index in [4.69, 9.17) is 5.41 Å². The molecule has 0 saturated heterocycles. The van der Waals surface area contributed by atoms with Crippen molar-refractivity contribution < 1.29 is 0 Å². The van der Waals surface area contributed by atoms with Crippen LogP contribution < -0.4 is 10.4 Å². The van der Waals surface area contributed by atoms with Crippen molar-refractivity contribution in [2.75, 3.05) is 0 Å². The van der Waals surface area contributed by atoms with Crippen LogP contribution in [0.25, 0.3) is 5.69 Å². The van der Waals surface area contributed by atoms with E-state index in [1.807, 2.05) is 30.3 Å². The largest absolute Gasteiger partial charge is 0.275 e. The van der Waals surface area contributed by atoms with Crippen LogP contribution in [0.15, 0.2) is 46.6 Å². The van der Waals surface area contributed by atoms with Crippen molar-refractivity contribution in [3.63, 3.8) is 0 Å². The van der Waals surface area contributed by atoms with E-state index in [1.54, 1.807) is 5.38 Å². The van der Waals surface area contributed by atoms with Crippen LogP contribution in [0.4, 0.5) is 0 Å². The summed E-state index contributed by atoms with van der Waals surface area (Å²) in [6, 6.07) is 10.7. The third-order valence-electron chi connectivity index (χ3n) is 1.83. The summed E-state index contributed by atoms with van der Waals surface area (Å²) in [6.07, 6.45) is 0. The summed E-state index contributed by atoms with van der Waals surface area (Å²) < 4.78 is 1.38. The first kappa shape index (κ1) is 8.90. The molecule has 0 unspecified atom stereocenters. The van der Waals surface area contributed by atoms with Gasteiger partial charge in [-0.05, 0) is 17.5 Å². The summed E-state index contributed by atoms with van der Waals surface area (Å²) in [5.41, 5.74) is 0.569. The lowest BCUT2D eigenvalue weighted by molar-refractivity contribution is 0.923. The molecular weight excluding hydrogens is 196 g/mol. The van der Waals surface area contributed by atoms with Gasteiger partial charge in [0, 0.05) is 6.07 Å². The third-order valence-corrected chi connectivity index (χ3v) is 2.51. The van der Waals surface area contributed by atoms with Gasteiger partial charge in [-0.2, -0.15) is 0 Å². The Morgan fingerprint density at radius 3 is 2.50 bits per heavy atom. The first-order chi connectivity index (χ1) is 6.79. The average molecular weight is 204 g/mol. The predicted molar refractivity (Wildman–Crippen MR) is 55.8 cm³/mol. The van der Waals surface area contributed by atoms with Crippen LogP contribution >= 0.6 is 11.3 Å². The minimum absolute atomic E-state index is 0.167. The van der Waals surface area contributed by atoms with E-state index in [0.29, 0.717) is 0 Å². The van der Waals surface area contributed by atoms with Crippen LogP contribution in [-0.2, 0) is 0 Å². The Morgan fingerprint density at radius 2 is 1.86 bits per heavy atom. The third kappa shape index (κ3) is 1.52. The molecule has 3 nitrogen and oxygen atoms in total. The van der Waals surface area contributed by atoms with E-state index in [2.05, 4.69) is 0 Å². The molecule has 0 bridgehead atoms. The molecule has 0 radical (unpaired) electrons. The molecule has 2 rings (SSSR count). The van der Waals surface area contributed by atoms with Gasteiger partial charge in [-0.25, -0.2) is 0 Å². The molecule has 0 amide bonds. The zero-order chi connectivity index (χ0) is 9.97. The molecule has 0 saturated carbocycles. The number of hydrogen-bond donors (Lipinski definition) is 1. The lowest BCUT2D eigenvalue weighted by Crippen LogP contribution is -2.28. The van der Waals surface area contributed by atoms with Gasteiger partial charge < -0.3 is 0 Å². The molecule has 0 spiro atoms. The van der Waals surface area contributed by atoms with Crippen molar-refractivity contribution in [3.05, 3.63) is 56.9 Å². The van der Waals surface area contributed by atoms with Crippen molar-refractivity contribution >= 4 is 11.3 Å². The number of nitrogens with one attached hydrogen (secondary N) is 1. The van der Waals surface area contributed by atoms with Gasteiger partial charge in [-0.1, -0.05) is 18.2 Å². The zero-order valence-electron chi connectivity index (χ0n) is 7.31. The summed E-state index contributed by atoms with van der Waals surface area (Å²) in [5.74, 6) is 0. The Bertz CT molecular complexity index is 514. The lowest BCUT2D eigenvalue weighted by Gasteiger charge is -2.02. The first-order valence-electron chi connectivity index (χ1n) is 4.10. The Hall–Kier alpha value is -1.68. The summed E-state index contributed by atoms with van der Waals surface area (Å²) in [5, 5.41) is 9.26. The number of hydrogen-bond acceptors (Lipinski definition) is 3. The molecule has 0 aliphatic carbocycles. The molecule has 1 N–H and O–H groups in total. The Morgan fingerprint density at radius 1 is 1.14 bits per heavy atom. The van der Waals surface area contributed by atoms with Crippen LogP contribution in [0.1, 0.15) is 0 Å². The number of rotatable bonds is 1. The number of aromatic nitrogens is 1. The molecule has 70 valence electrons. The monoisotopic (exact) mass is 204 g/mol. The highest BCUT2D eigenvalue weighted by molar-refractivity contribution is 7.06. The van der Waals surface area contributed by atoms with Gasteiger partial charge in [0.25, 0.3) is 5.56 Å². The molecule has 1 heterocycles. The van der Waals surface area contributed by atoms with Crippen molar-refractivity contribution in [1.82, 2.24) is 4.57 Å². The van der Waals surface area contributed by atoms with Crippen LogP contribution in [0.2, 0.25) is 0 Å². The summed E-state index contributed by atoms with van der Waals surface area (Å²) >= 11 is 1.23. The van der Waals surface area contributed by atoms with Gasteiger partial charge in [-0.3, -0.25) is 14.8 Å².